The fourth-order valence-electron chi connectivity index (χ4n) is 1.81. The van der Waals surface area contributed by atoms with Crippen molar-refractivity contribution in [1.82, 2.24) is 30.0 Å². The van der Waals surface area contributed by atoms with Crippen LogP contribution < -0.4 is 5.32 Å². The van der Waals surface area contributed by atoms with Crippen molar-refractivity contribution >= 4 is 5.91 Å². The van der Waals surface area contributed by atoms with Gasteiger partial charge in [0.2, 0.25) is 0 Å². The van der Waals surface area contributed by atoms with Crippen molar-refractivity contribution in [3.8, 4) is 0 Å². The Morgan fingerprint density at radius 1 is 1.30 bits per heavy atom. The molecular formula is C13H18N6O. The van der Waals surface area contributed by atoms with Gasteiger partial charge in [-0.15, -0.1) is 0 Å². The lowest BCUT2D eigenvalue weighted by molar-refractivity contribution is 0.0951. The summed E-state index contributed by atoms with van der Waals surface area (Å²) in [7, 11) is 0. The SMILES string of the molecule is CCc1ncc(C(=O)NCCn2nc(C)nc2C)cn1. The molecule has 0 radical (unpaired) electrons. The monoisotopic (exact) mass is 274 g/mol. The highest BCUT2D eigenvalue weighted by Gasteiger charge is 2.07. The molecule has 0 saturated heterocycles. The van der Waals surface area contributed by atoms with Gasteiger partial charge >= 0.3 is 0 Å². The van der Waals surface area contributed by atoms with E-state index in [1.807, 2.05) is 20.8 Å². The van der Waals surface area contributed by atoms with Gasteiger partial charge in [-0.2, -0.15) is 5.10 Å². The van der Waals surface area contributed by atoms with E-state index in [-0.39, 0.29) is 5.91 Å². The molecule has 0 saturated carbocycles. The molecule has 2 aromatic rings. The van der Waals surface area contributed by atoms with E-state index in [2.05, 4.69) is 25.4 Å². The van der Waals surface area contributed by atoms with E-state index in [4.69, 9.17) is 0 Å². The average molecular weight is 274 g/mol. The Balaban J connectivity index is 1.87. The molecule has 0 bridgehead atoms. The van der Waals surface area contributed by atoms with Crippen molar-refractivity contribution in [3.05, 3.63) is 35.4 Å². The van der Waals surface area contributed by atoms with Crippen LogP contribution in [0.4, 0.5) is 0 Å². The largest absolute Gasteiger partial charge is 0.350 e. The third-order valence-corrected chi connectivity index (χ3v) is 2.86. The number of nitrogens with one attached hydrogen (secondary N) is 1. The molecule has 1 amide bonds. The number of hydrogen-bond acceptors (Lipinski definition) is 5. The molecule has 1 N–H and O–H groups in total. The van der Waals surface area contributed by atoms with Gasteiger partial charge in [0.25, 0.3) is 5.91 Å². The molecule has 0 aliphatic heterocycles. The van der Waals surface area contributed by atoms with Crippen LogP contribution in [0.2, 0.25) is 0 Å². The smallest absolute Gasteiger partial charge is 0.254 e. The van der Waals surface area contributed by atoms with Gasteiger partial charge in [-0.1, -0.05) is 6.92 Å². The van der Waals surface area contributed by atoms with Crippen LogP contribution in [0, 0.1) is 13.8 Å². The lowest BCUT2D eigenvalue weighted by atomic mass is 10.3. The van der Waals surface area contributed by atoms with Crippen LogP contribution in [0.1, 0.15) is 34.8 Å². The first-order valence-corrected chi connectivity index (χ1v) is 6.57. The minimum absolute atomic E-state index is 0.179. The highest BCUT2D eigenvalue weighted by Crippen LogP contribution is 1.98. The summed E-state index contributed by atoms with van der Waals surface area (Å²) >= 11 is 0. The topological polar surface area (TPSA) is 85.6 Å². The van der Waals surface area contributed by atoms with Crippen LogP contribution in [0.5, 0.6) is 0 Å². The molecule has 0 spiro atoms. The van der Waals surface area contributed by atoms with Crippen molar-refractivity contribution in [2.24, 2.45) is 0 Å². The molecule has 7 heteroatoms. The molecule has 2 rings (SSSR count). The van der Waals surface area contributed by atoms with Gasteiger partial charge in [0.05, 0.1) is 12.1 Å². The van der Waals surface area contributed by atoms with E-state index < -0.39 is 0 Å². The second-order valence-electron chi connectivity index (χ2n) is 4.43. The number of carbonyl (C=O) groups excluding carboxylic acids is 1. The second-order valence-corrected chi connectivity index (χ2v) is 4.43. The van der Waals surface area contributed by atoms with Crippen LogP contribution in [0.15, 0.2) is 12.4 Å². The van der Waals surface area contributed by atoms with Crippen LogP contribution in [-0.4, -0.2) is 37.2 Å². The maximum absolute atomic E-state index is 11.9. The maximum Gasteiger partial charge on any atom is 0.254 e. The number of hydrogen-bond donors (Lipinski definition) is 1. The van der Waals surface area contributed by atoms with Crippen LogP contribution in [0.3, 0.4) is 0 Å². The third-order valence-electron chi connectivity index (χ3n) is 2.86. The Morgan fingerprint density at radius 3 is 2.55 bits per heavy atom. The quantitative estimate of drug-likeness (QED) is 0.866. The van der Waals surface area contributed by atoms with E-state index >= 15 is 0 Å². The van der Waals surface area contributed by atoms with Gasteiger partial charge in [-0.3, -0.25) is 4.79 Å². The molecule has 0 unspecified atom stereocenters. The molecule has 0 fully saturated rings. The fraction of sp³-hybridized carbons (Fsp3) is 0.462. The zero-order valence-corrected chi connectivity index (χ0v) is 11.9. The average Bonchev–Trinajstić information content (AvgIpc) is 2.77. The maximum atomic E-state index is 11.9. The Bertz CT molecular complexity index is 589. The standard InChI is InChI=1S/C13H18N6O/c1-4-12-15-7-11(8-16-12)13(20)14-5-6-19-10(3)17-9(2)18-19/h7-8H,4-6H2,1-3H3,(H,14,20). The van der Waals surface area contributed by atoms with Crippen molar-refractivity contribution in [1.29, 1.82) is 0 Å². The molecule has 0 aliphatic carbocycles. The number of amides is 1. The predicted molar refractivity (Wildman–Crippen MR) is 73.2 cm³/mol. The second kappa shape index (κ2) is 6.23. The highest BCUT2D eigenvalue weighted by atomic mass is 16.1. The molecule has 0 aromatic carbocycles. The molecule has 0 atom stereocenters. The predicted octanol–water partition coefficient (Wildman–Crippen LogP) is 0.677. The minimum atomic E-state index is -0.179. The Morgan fingerprint density at radius 2 is 2.00 bits per heavy atom. The van der Waals surface area contributed by atoms with E-state index in [0.29, 0.717) is 18.7 Å². The van der Waals surface area contributed by atoms with Crippen LogP contribution >= 0.6 is 0 Å². The van der Waals surface area contributed by atoms with E-state index in [1.54, 1.807) is 17.1 Å². The lowest BCUT2D eigenvalue weighted by Gasteiger charge is -2.06. The third kappa shape index (κ3) is 3.37. The van der Waals surface area contributed by atoms with Crippen molar-refractivity contribution in [2.75, 3.05) is 6.54 Å². The van der Waals surface area contributed by atoms with Crippen LogP contribution in [0.25, 0.3) is 0 Å². The van der Waals surface area contributed by atoms with Gasteiger partial charge in [0.15, 0.2) is 0 Å². The molecule has 106 valence electrons. The zero-order valence-electron chi connectivity index (χ0n) is 11.9. The molecule has 2 heterocycles. The van der Waals surface area contributed by atoms with Crippen molar-refractivity contribution in [3.63, 3.8) is 0 Å². The normalized spacial score (nSPS) is 10.6. The van der Waals surface area contributed by atoms with E-state index in [0.717, 1.165) is 23.9 Å². The summed E-state index contributed by atoms with van der Waals surface area (Å²) in [6.45, 7) is 6.77. The summed E-state index contributed by atoms with van der Waals surface area (Å²) in [4.78, 5) is 24.3. The van der Waals surface area contributed by atoms with Gasteiger partial charge in [0, 0.05) is 25.4 Å². The first-order valence-electron chi connectivity index (χ1n) is 6.57. The first-order chi connectivity index (χ1) is 9.60. The van der Waals surface area contributed by atoms with E-state index in [9.17, 15) is 4.79 Å². The zero-order chi connectivity index (χ0) is 14.5. The van der Waals surface area contributed by atoms with Crippen molar-refractivity contribution < 1.29 is 4.79 Å². The summed E-state index contributed by atoms with van der Waals surface area (Å²) in [5.74, 6) is 2.13. The molecule has 20 heavy (non-hydrogen) atoms. The van der Waals surface area contributed by atoms with Gasteiger partial charge in [-0.05, 0) is 13.8 Å². The Hall–Kier alpha value is -2.31. The summed E-state index contributed by atoms with van der Waals surface area (Å²) in [6, 6.07) is 0. The summed E-state index contributed by atoms with van der Waals surface area (Å²) in [5, 5.41) is 7.05. The molecular weight excluding hydrogens is 256 g/mol. The molecule has 7 nitrogen and oxygen atoms in total. The number of aromatic nitrogens is 5. The van der Waals surface area contributed by atoms with E-state index in [1.165, 1.54) is 0 Å². The minimum Gasteiger partial charge on any atom is -0.350 e. The summed E-state index contributed by atoms with van der Waals surface area (Å²) in [5.41, 5.74) is 0.466. The molecule has 2 aromatic heterocycles. The summed E-state index contributed by atoms with van der Waals surface area (Å²) in [6.07, 6.45) is 3.85. The highest BCUT2D eigenvalue weighted by molar-refractivity contribution is 5.93. The number of rotatable bonds is 5. The van der Waals surface area contributed by atoms with Gasteiger partial charge < -0.3 is 5.32 Å². The first kappa shape index (κ1) is 14.1. The van der Waals surface area contributed by atoms with Gasteiger partial charge in [-0.25, -0.2) is 19.6 Å². The molecule has 0 aliphatic rings. The van der Waals surface area contributed by atoms with Gasteiger partial charge in [0.1, 0.15) is 17.5 Å². The summed E-state index contributed by atoms with van der Waals surface area (Å²) < 4.78 is 1.77. The number of aryl methyl sites for hydroxylation is 3. The van der Waals surface area contributed by atoms with Crippen LogP contribution in [-0.2, 0) is 13.0 Å². The fourth-order valence-corrected chi connectivity index (χ4v) is 1.81. The Labute approximate surface area is 117 Å². The number of carbonyl (C=O) groups is 1. The van der Waals surface area contributed by atoms with Crippen molar-refractivity contribution in [2.45, 2.75) is 33.7 Å². The Kier molecular flexibility index (Phi) is 4.39. The number of nitrogens with zero attached hydrogens (tertiary/aromatic N) is 5. The lowest BCUT2D eigenvalue weighted by Crippen LogP contribution is -2.28.